The van der Waals surface area contributed by atoms with Crippen molar-refractivity contribution in [3.63, 3.8) is 0 Å². The third kappa shape index (κ3) is 4.78. The first-order valence-electron chi connectivity index (χ1n) is 7.89. The van der Waals surface area contributed by atoms with E-state index in [2.05, 4.69) is 10.0 Å². The van der Waals surface area contributed by atoms with E-state index in [-0.39, 0.29) is 4.90 Å². The predicted octanol–water partition coefficient (Wildman–Crippen LogP) is 3.03. The Bertz CT molecular complexity index is 898. The molecular weight excluding hydrogens is 372 g/mol. The molecule has 6 nitrogen and oxygen atoms in total. The lowest BCUT2D eigenvalue weighted by molar-refractivity contribution is -0.117. The van der Waals surface area contributed by atoms with E-state index in [9.17, 15) is 13.2 Å². The molecule has 0 fully saturated rings. The smallest absolute Gasteiger partial charge is 0.242 e. The summed E-state index contributed by atoms with van der Waals surface area (Å²) in [6.07, 6.45) is 1.91. The zero-order valence-corrected chi connectivity index (χ0v) is 16.7. The van der Waals surface area contributed by atoms with Crippen LogP contribution in [0.2, 0.25) is 0 Å². The Morgan fingerprint density at radius 2 is 1.88 bits per heavy atom. The van der Waals surface area contributed by atoms with Gasteiger partial charge >= 0.3 is 0 Å². The van der Waals surface area contributed by atoms with Crippen LogP contribution in [0.25, 0.3) is 0 Å². The van der Waals surface area contributed by atoms with E-state index in [1.54, 1.807) is 19.1 Å². The summed E-state index contributed by atoms with van der Waals surface area (Å²) in [6.45, 7) is 3.26. The number of thioether (sulfide) groups is 1. The molecule has 2 N–H and O–H groups in total. The van der Waals surface area contributed by atoms with Crippen molar-refractivity contribution in [3.8, 4) is 5.75 Å². The van der Waals surface area contributed by atoms with Crippen LogP contribution in [0, 0.1) is 6.92 Å². The average molecular weight is 395 g/mol. The zero-order chi connectivity index (χ0) is 19.3. The van der Waals surface area contributed by atoms with Gasteiger partial charge < -0.3 is 10.1 Å². The van der Waals surface area contributed by atoms with E-state index < -0.39 is 22.0 Å². The number of ether oxygens (including phenoxy) is 1. The van der Waals surface area contributed by atoms with E-state index in [0.29, 0.717) is 17.0 Å². The number of rotatable bonds is 7. The van der Waals surface area contributed by atoms with Gasteiger partial charge in [-0.1, -0.05) is 12.1 Å². The van der Waals surface area contributed by atoms with Crippen LogP contribution in [-0.2, 0) is 14.8 Å². The first kappa shape index (κ1) is 20.3. The largest absolute Gasteiger partial charge is 0.496 e. The molecule has 0 heterocycles. The third-order valence-electron chi connectivity index (χ3n) is 3.77. The number of nitrogens with one attached hydrogen (secondary N) is 2. The van der Waals surface area contributed by atoms with Crippen LogP contribution in [0.5, 0.6) is 5.75 Å². The lowest BCUT2D eigenvalue weighted by Crippen LogP contribution is -2.41. The topological polar surface area (TPSA) is 84.5 Å². The lowest BCUT2D eigenvalue weighted by atomic mass is 10.2. The maximum atomic E-state index is 12.5. The minimum Gasteiger partial charge on any atom is -0.496 e. The van der Waals surface area contributed by atoms with Gasteiger partial charge in [-0.3, -0.25) is 4.79 Å². The van der Waals surface area contributed by atoms with Crippen LogP contribution < -0.4 is 14.8 Å². The van der Waals surface area contributed by atoms with Gasteiger partial charge in [-0.15, -0.1) is 11.8 Å². The van der Waals surface area contributed by atoms with Crippen LogP contribution >= 0.6 is 11.8 Å². The number of benzene rings is 2. The second kappa shape index (κ2) is 8.57. The van der Waals surface area contributed by atoms with Crippen molar-refractivity contribution in [1.29, 1.82) is 0 Å². The normalized spacial score (nSPS) is 12.5. The highest BCUT2D eigenvalue weighted by atomic mass is 32.2. The van der Waals surface area contributed by atoms with Gasteiger partial charge in [0.1, 0.15) is 5.75 Å². The molecule has 8 heteroatoms. The van der Waals surface area contributed by atoms with Gasteiger partial charge in [-0.05, 0) is 56.0 Å². The van der Waals surface area contributed by atoms with Gasteiger partial charge in [0.05, 0.1) is 23.7 Å². The summed E-state index contributed by atoms with van der Waals surface area (Å²) in [5.74, 6) is 0.170. The molecule has 26 heavy (non-hydrogen) atoms. The van der Waals surface area contributed by atoms with Crippen LogP contribution in [0.4, 0.5) is 5.69 Å². The van der Waals surface area contributed by atoms with Gasteiger partial charge in [0.2, 0.25) is 15.9 Å². The monoisotopic (exact) mass is 394 g/mol. The molecule has 0 unspecified atom stereocenters. The number of para-hydroxylation sites is 1. The third-order valence-corrected chi connectivity index (χ3v) is 6.10. The molecule has 0 bridgehead atoms. The Hall–Kier alpha value is -2.03. The highest BCUT2D eigenvalue weighted by Crippen LogP contribution is 2.25. The maximum absolute atomic E-state index is 12.5. The standard InChI is InChI=1S/C18H22N2O4S2/c1-12-11-14(9-10-16(12)24-3)26(22,23)20-13(2)18(21)19-15-7-5-6-8-17(15)25-4/h5-11,13,20H,1-4H3,(H,19,21)/t13-/m1/s1. The second-order valence-electron chi connectivity index (χ2n) is 5.66. The number of anilines is 1. The number of aryl methyl sites for hydroxylation is 1. The quantitative estimate of drug-likeness (QED) is 0.705. The highest BCUT2D eigenvalue weighted by Gasteiger charge is 2.23. The summed E-state index contributed by atoms with van der Waals surface area (Å²) in [5, 5.41) is 2.76. The van der Waals surface area contributed by atoms with Crippen LogP contribution in [0.15, 0.2) is 52.3 Å². The Labute approximate surface area is 158 Å². The molecule has 0 saturated heterocycles. The molecule has 1 atom stereocenters. The van der Waals surface area contributed by atoms with Crippen molar-refractivity contribution in [3.05, 3.63) is 48.0 Å². The molecule has 0 aliphatic carbocycles. The van der Waals surface area contributed by atoms with Crippen molar-refractivity contribution >= 4 is 33.4 Å². The minimum atomic E-state index is -3.83. The van der Waals surface area contributed by atoms with Gasteiger partial charge in [0, 0.05) is 4.90 Å². The summed E-state index contributed by atoms with van der Waals surface area (Å²) in [7, 11) is -2.31. The van der Waals surface area contributed by atoms with Gasteiger partial charge in [0.15, 0.2) is 0 Å². The van der Waals surface area contributed by atoms with Crippen LogP contribution in [-0.4, -0.2) is 33.7 Å². The molecule has 0 saturated carbocycles. The number of hydrogen-bond acceptors (Lipinski definition) is 5. The minimum absolute atomic E-state index is 0.0833. The van der Waals surface area contributed by atoms with Crippen molar-refractivity contribution in [2.75, 3.05) is 18.7 Å². The van der Waals surface area contributed by atoms with Crippen molar-refractivity contribution in [2.24, 2.45) is 0 Å². The molecule has 140 valence electrons. The first-order chi connectivity index (χ1) is 12.3. The molecule has 2 aromatic rings. The Balaban J connectivity index is 2.13. The summed E-state index contributed by atoms with van der Waals surface area (Å²) >= 11 is 1.50. The zero-order valence-electron chi connectivity index (χ0n) is 15.1. The van der Waals surface area contributed by atoms with Crippen LogP contribution in [0.3, 0.4) is 0 Å². The van der Waals surface area contributed by atoms with E-state index in [0.717, 1.165) is 4.90 Å². The fourth-order valence-electron chi connectivity index (χ4n) is 2.36. The number of methoxy groups -OCH3 is 1. The van der Waals surface area contributed by atoms with Crippen molar-refractivity contribution in [2.45, 2.75) is 29.7 Å². The molecule has 2 rings (SSSR count). The molecule has 0 aliphatic rings. The molecular formula is C18H22N2O4S2. The van der Waals surface area contributed by atoms with Crippen molar-refractivity contribution < 1.29 is 17.9 Å². The second-order valence-corrected chi connectivity index (χ2v) is 8.23. The Kier molecular flexibility index (Phi) is 6.69. The summed E-state index contributed by atoms with van der Waals surface area (Å²) < 4.78 is 32.6. The van der Waals surface area contributed by atoms with Crippen LogP contribution in [0.1, 0.15) is 12.5 Å². The number of sulfonamides is 1. The number of amides is 1. The summed E-state index contributed by atoms with van der Waals surface area (Å²) in [6, 6.07) is 11.0. The molecule has 1 amide bonds. The van der Waals surface area contributed by atoms with Gasteiger partial charge in [0.25, 0.3) is 0 Å². The number of hydrogen-bond donors (Lipinski definition) is 2. The average Bonchev–Trinajstić information content (AvgIpc) is 2.61. The summed E-state index contributed by atoms with van der Waals surface area (Å²) in [4.78, 5) is 13.4. The van der Waals surface area contributed by atoms with Gasteiger partial charge in [-0.2, -0.15) is 4.72 Å². The molecule has 0 spiro atoms. The van der Waals surface area contributed by atoms with E-state index >= 15 is 0 Å². The van der Waals surface area contributed by atoms with Gasteiger partial charge in [-0.25, -0.2) is 8.42 Å². The highest BCUT2D eigenvalue weighted by molar-refractivity contribution is 7.98. The molecule has 0 aromatic heterocycles. The number of carbonyl (C=O) groups is 1. The van der Waals surface area contributed by atoms with E-state index in [1.807, 2.05) is 24.5 Å². The van der Waals surface area contributed by atoms with E-state index in [4.69, 9.17) is 4.74 Å². The lowest BCUT2D eigenvalue weighted by Gasteiger charge is -2.16. The molecule has 0 radical (unpaired) electrons. The fraction of sp³-hybridized carbons (Fsp3) is 0.278. The first-order valence-corrected chi connectivity index (χ1v) is 10.6. The maximum Gasteiger partial charge on any atom is 0.242 e. The van der Waals surface area contributed by atoms with Crippen molar-refractivity contribution in [1.82, 2.24) is 4.72 Å². The fourth-order valence-corrected chi connectivity index (χ4v) is 4.20. The SMILES string of the molecule is COc1ccc(S(=O)(=O)N[C@H](C)C(=O)Nc2ccccc2SC)cc1C. The summed E-state index contributed by atoms with van der Waals surface area (Å²) in [5.41, 5.74) is 1.35. The number of carbonyl (C=O) groups excluding carboxylic acids is 1. The van der Waals surface area contributed by atoms with E-state index in [1.165, 1.54) is 37.9 Å². The molecule has 2 aromatic carbocycles. The predicted molar refractivity (Wildman–Crippen MR) is 104 cm³/mol. The Morgan fingerprint density at radius 1 is 1.19 bits per heavy atom. The molecule has 0 aliphatic heterocycles. The Morgan fingerprint density at radius 3 is 2.50 bits per heavy atom.